The largest absolute Gasteiger partial charge is 0.347 e. The molecule has 8 nitrogen and oxygen atoms in total. The lowest BCUT2D eigenvalue weighted by molar-refractivity contribution is -0.187. The Kier molecular flexibility index (Phi) is 6.03. The third-order valence-electron chi connectivity index (χ3n) is 6.09. The Morgan fingerprint density at radius 2 is 1.81 bits per heavy atom. The second-order valence-electron chi connectivity index (χ2n) is 8.12. The van der Waals surface area contributed by atoms with E-state index in [4.69, 9.17) is 9.47 Å². The summed E-state index contributed by atoms with van der Waals surface area (Å²) in [6.45, 7) is 3.21. The van der Waals surface area contributed by atoms with Crippen molar-refractivity contribution in [2.24, 2.45) is 0 Å². The summed E-state index contributed by atoms with van der Waals surface area (Å²) in [7, 11) is 0. The Hall–Kier alpha value is -2.62. The summed E-state index contributed by atoms with van der Waals surface area (Å²) in [6.07, 6.45) is 3.52. The van der Waals surface area contributed by atoms with Gasteiger partial charge in [0.15, 0.2) is 5.79 Å². The number of fused-ring (bicyclic) bond motifs is 1. The van der Waals surface area contributed by atoms with Gasteiger partial charge in [0, 0.05) is 50.1 Å². The number of hydrogen-bond donors (Lipinski definition) is 1. The first-order valence-corrected chi connectivity index (χ1v) is 11.9. The Labute approximate surface area is 191 Å². The number of benzene rings is 1. The summed E-state index contributed by atoms with van der Waals surface area (Å²) in [5.74, 6) is 0.443. The zero-order valence-corrected chi connectivity index (χ0v) is 18.6. The van der Waals surface area contributed by atoms with Crippen molar-refractivity contribution in [2.75, 3.05) is 48.8 Å². The van der Waals surface area contributed by atoms with Crippen LogP contribution in [0.5, 0.6) is 0 Å². The van der Waals surface area contributed by atoms with Crippen LogP contribution in [0.4, 0.5) is 16.2 Å². The summed E-state index contributed by atoms with van der Waals surface area (Å²) in [5, 5.41) is 3.82. The van der Waals surface area contributed by atoms with Gasteiger partial charge in [-0.15, -0.1) is 11.8 Å². The van der Waals surface area contributed by atoms with Crippen LogP contribution in [0.3, 0.4) is 0 Å². The van der Waals surface area contributed by atoms with Crippen molar-refractivity contribution in [1.29, 1.82) is 0 Å². The van der Waals surface area contributed by atoms with Crippen molar-refractivity contribution in [3.8, 4) is 0 Å². The SMILES string of the molecule is O=C(Cc1ccc(NC(=O)N2CCSc3ncccc32)cc1)N1CCC2(CC1)OCCO2. The highest BCUT2D eigenvalue weighted by Gasteiger charge is 2.40. The second-order valence-corrected chi connectivity index (χ2v) is 9.20. The molecule has 0 aliphatic carbocycles. The van der Waals surface area contributed by atoms with Gasteiger partial charge >= 0.3 is 6.03 Å². The number of likely N-dealkylation sites (tertiary alicyclic amines) is 1. The number of nitrogens with one attached hydrogen (secondary N) is 1. The van der Waals surface area contributed by atoms with Crippen LogP contribution in [-0.4, -0.2) is 66.2 Å². The van der Waals surface area contributed by atoms with Gasteiger partial charge in [-0.3, -0.25) is 9.69 Å². The number of hydrogen-bond acceptors (Lipinski definition) is 6. The van der Waals surface area contributed by atoms with Crippen LogP contribution in [-0.2, 0) is 20.7 Å². The minimum Gasteiger partial charge on any atom is -0.347 e. The minimum absolute atomic E-state index is 0.101. The van der Waals surface area contributed by atoms with Gasteiger partial charge in [-0.2, -0.15) is 0 Å². The van der Waals surface area contributed by atoms with E-state index in [0.29, 0.717) is 45.0 Å². The molecule has 9 heteroatoms. The molecule has 3 amide bonds. The Bertz CT molecular complexity index is 984. The molecule has 1 N–H and O–H groups in total. The van der Waals surface area contributed by atoms with E-state index < -0.39 is 5.79 Å². The quantitative estimate of drug-likeness (QED) is 0.767. The number of nitrogens with zero attached hydrogens (tertiary/aromatic N) is 3. The molecular weight excluding hydrogens is 428 g/mol. The van der Waals surface area contributed by atoms with Crippen LogP contribution in [0.2, 0.25) is 0 Å². The summed E-state index contributed by atoms with van der Waals surface area (Å²) in [5.41, 5.74) is 2.45. The number of piperidine rings is 1. The zero-order valence-electron chi connectivity index (χ0n) is 17.8. The van der Waals surface area contributed by atoms with Crippen molar-refractivity contribution in [2.45, 2.75) is 30.1 Å². The first kappa shape index (κ1) is 21.2. The Morgan fingerprint density at radius 1 is 1.06 bits per heavy atom. The summed E-state index contributed by atoms with van der Waals surface area (Å²) >= 11 is 1.66. The summed E-state index contributed by atoms with van der Waals surface area (Å²) < 4.78 is 11.5. The van der Waals surface area contributed by atoms with E-state index in [0.717, 1.165) is 34.9 Å². The standard InChI is InChI=1S/C23H26N4O4S/c28-20(26-10-7-23(8-11-26)30-13-14-31-23)16-17-3-5-18(6-4-17)25-22(29)27-12-15-32-21-19(27)2-1-9-24-21/h1-6,9H,7-8,10-16H2,(H,25,29). The third kappa shape index (κ3) is 4.46. The molecule has 32 heavy (non-hydrogen) atoms. The number of rotatable bonds is 3. The lowest BCUT2D eigenvalue weighted by Crippen LogP contribution is -2.47. The fourth-order valence-electron chi connectivity index (χ4n) is 4.33. The molecule has 2 fully saturated rings. The molecule has 168 valence electrons. The number of carbonyl (C=O) groups excluding carboxylic acids is 2. The molecule has 3 aliphatic heterocycles. The highest BCUT2D eigenvalue weighted by Crippen LogP contribution is 2.33. The fraction of sp³-hybridized carbons (Fsp3) is 0.435. The molecule has 0 saturated carbocycles. The van der Waals surface area contributed by atoms with E-state index in [1.54, 1.807) is 22.9 Å². The van der Waals surface area contributed by atoms with Crippen LogP contribution in [0.15, 0.2) is 47.6 Å². The van der Waals surface area contributed by atoms with Crippen LogP contribution >= 0.6 is 11.8 Å². The van der Waals surface area contributed by atoms with Crippen LogP contribution in [0, 0.1) is 0 Å². The van der Waals surface area contributed by atoms with Crippen molar-refractivity contribution in [3.63, 3.8) is 0 Å². The Morgan fingerprint density at radius 3 is 2.56 bits per heavy atom. The first-order valence-electron chi connectivity index (χ1n) is 10.9. The molecule has 5 rings (SSSR count). The Balaban J connectivity index is 1.15. The number of pyridine rings is 1. The van der Waals surface area contributed by atoms with Crippen LogP contribution in [0.1, 0.15) is 18.4 Å². The van der Waals surface area contributed by atoms with E-state index in [2.05, 4.69) is 10.3 Å². The maximum Gasteiger partial charge on any atom is 0.326 e. The highest BCUT2D eigenvalue weighted by atomic mass is 32.2. The summed E-state index contributed by atoms with van der Waals surface area (Å²) in [4.78, 5) is 33.5. The van der Waals surface area contributed by atoms with Crippen LogP contribution < -0.4 is 10.2 Å². The van der Waals surface area contributed by atoms with E-state index in [1.807, 2.05) is 41.3 Å². The fourth-order valence-corrected chi connectivity index (χ4v) is 5.26. The molecular formula is C23H26N4O4S. The number of carbonyl (C=O) groups is 2. The maximum absolute atomic E-state index is 12.8. The molecule has 1 aromatic carbocycles. The number of urea groups is 1. The average molecular weight is 455 g/mol. The maximum atomic E-state index is 12.8. The normalized spacial score (nSPS) is 19.6. The van der Waals surface area contributed by atoms with E-state index in [9.17, 15) is 9.59 Å². The zero-order chi connectivity index (χ0) is 22.0. The lowest BCUT2D eigenvalue weighted by Gasteiger charge is -2.37. The average Bonchev–Trinajstić information content (AvgIpc) is 3.28. The molecule has 3 aliphatic rings. The van der Waals surface area contributed by atoms with E-state index >= 15 is 0 Å². The molecule has 1 spiro atoms. The molecule has 4 heterocycles. The third-order valence-corrected chi connectivity index (χ3v) is 7.07. The van der Waals surface area contributed by atoms with Gasteiger partial charge in [0.05, 0.1) is 25.3 Å². The smallest absolute Gasteiger partial charge is 0.326 e. The van der Waals surface area contributed by atoms with Crippen molar-refractivity contribution >= 4 is 35.1 Å². The van der Waals surface area contributed by atoms with Gasteiger partial charge in [0.25, 0.3) is 0 Å². The van der Waals surface area contributed by atoms with E-state index in [-0.39, 0.29) is 11.9 Å². The van der Waals surface area contributed by atoms with Gasteiger partial charge in [-0.05, 0) is 29.8 Å². The van der Waals surface area contributed by atoms with Gasteiger partial charge < -0.3 is 19.7 Å². The van der Waals surface area contributed by atoms with E-state index in [1.165, 1.54) is 0 Å². The van der Waals surface area contributed by atoms with Gasteiger partial charge in [-0.1, -0.05) is 12.1 Å². The van der Waals surface area contributed by atoms with Crippen molar-refractivity contribution < 1.29 is 19.1 Å². The first-order chi connectivity index (χ1) is 15.6. The highest BCUT2D eigenvalue weighted by molar-refractivity contribution is 7.99. The molecule has 2 saturated heterocycles. The summed E-state index contributed by atoms with van der Waals surface area (Å²) in [6, 6.07) is 11.0. The predicted octanol–water partition coefficient (Wildman–Crippen LogP) is 3.13. The minimum atomic E-state index is -0.472. The molecule has 0 atom stereocenters. The number of amides is 3. The predicted molar refractivity (Wildman–Crippen MR) is 122 cm³/mol. The number of ether oxygens (including phenoxy) is 2. The molecule has 1 aromatic heterocycles. The molecule has 0 unspecified atom stereocenters. The van der Waals surface area contributed by atoms with Crippen molar-refractivity contribution in [3.05, 3.63) is 48.2 Å². The lowest BCUT2D eigenvalue weighted by atomic mass is 10.0. The molecule has 0 radical (unpaired) electrons. The monoisotopic (exact) mass is 454 g/mol. The topological polar surface area (TPSA) is 84.0 Å². The second kappa shape index (κ2) is 9.09. The van der Waals surface area contributed by atoms with Gasteiger partial charge in [0.1, 0.15) is 5.03 Å². The van der Waals surface area contributed by atoms with Gasteiger partial charge in [-0.25, -0.2) is 9.78 Å². The van der Waals surface area contributed by atoms with Crippen molar-refractivity contribution in [1.82, 2.24) is 9.88 Å². The van der Waals surface area contributed by atoms with Crippen LogP contribution in [0.25, 0.3) is 0 Å². The molecule has 0 bridgehead atoms. The van der Waals surface area contributed by atoms with Gasteiger partial charge in [0.2, 0.25) is 5.91 Å². The number of anilines is 2. The molecule has 2 aromatic rings. The number of thioether (sulfide) groups is 1. The number of aromatic nitrogens is 1.